The Morgan fingerprint density at radius 3 is 2.57 bits per heavy atom. The number of hydrogen-bond acceptors (Lipinski definition) is 5. The highest BCUT2D eigenvalue weighted by Crippen LogP contribution is 2.33. The second-order valence-electron chi connectivity index (χ2n) is 7.57. The Morgan fingerprint density at radius 2 is 1.80 bits per heavy atom. The van der Waals surface area contributed by atoms with E-state index in [2.05, 4.69) is 15.5 Å². The van der Waals surface area contributed by atoms with Crippen LogP contribution >= 0.6 is 23.4 Å². The third kappa shape index (κ3) is 6.64. The van der Waals surface area contributed by atoms with Crippen molar-refractivity contribution in [3.63, 3.8) is 0 Å². The molecule has 4 rings (SSSR count). The highest BCUT2D eigenvalue weighted by atomic mass is 35.5. The van der Waals surface area contributed by atoms with Gasteiger partial charge in [-0.05, 0) is 47.9 Å². The summed E-state index contributed by atoms with van der Waals surface area (Å²) in [4.78, 5) is 12.3. The first-order valence-corrected chi connectivity index (χ1v) is 11.8. The van der Waals surface area contributed by atoms with E-state index in [-0.39, 0.29) is 28.1 Å². The number of ether oxygens (including phenoxy) is 1. The van der Waals surface area contributed by atoms with Gasteiger partial charge in [-0.1, -0.05) is 65.8 Å². The van der Waals surface area contributed by atoms with Gasteiger partial charge in [-0.25, -0.2) is 0 Å². The number of rotatable bonds is 7. The van der Waals surface area contributed by atoms with Crippen LogP contribution < -0.4 is 10.1 Å². The number of hydrogen-bond donors (Lipinski definition) is 1. The van der Waals surface area contributed by atoms with Crippen molar-refractivity contribution < 1.29 is 22.7 Å². The molecule has 0 bridgehead atoms. The molecule has 5 nitrogen and oxygen atoms in total. The first kappa shape index (κ1) is 24.8. The Balaban J connectivity index is 1.41. The van der Waals surface area contributed by atoms with Crippen molar-refractivity contribution in [2.45, 2.75) is 24.5 Å². The molecule has 0 radical (unpaired) electrons. The molecule has 3 aromatic rings. The normalized spacial score (nSPS) is 17.2. The van der Waals surface area contributed by atoms with Crippen molar-refractivity contribution in [1.82, 2.24) is 5.32 Å². The molecule has 1 fully saturated rings. The largest absolute Gasteiger partial charge is 0.488 e. The molecule has 0 spiro atoms. The molecule has 0 saturated carbocycles. The van der Waals surface area contributed by atoms with E-state index in [9.17, 15) is 18.0 Å². The lowest BCUT2D eigenvalue weighted by molar-refractivity contribution is -0.137. The molecule has 1 atom stereocenters. The minimum absolute atomic E-state index is 0.0259. The summed E-state index contributed by atoms with van der Waals surface area (Å²) in [6, 6.07) is 20.1. The van der Waals surface area contributed by atoms with E-state index in [1.54, 1.807) is 0 Å². The van der Waals surface area contributed by atoms with E-state index in [1.165, 1.54) is 12.3 Å². The number of nitrogens with zero attached hydrogens (tertiary/aromatic N) is 2. The van der Waals surface area contributed by atoms with Gasteiger partial charge in [0.2, 0.25) is 5.91 Å². The van der Waals surface area contributed by atoms with Crippen LogP contribution in [0.1, 0.15) is 22.3 Å². The van der Waals surface area contributed by atoms with E-state index in [0.717, 1.165) is 29.5 Å². The summed E-state index contributed by atoms with van der Waals surface area (Å²) in [7, 11) is 0. The van der Waals surface area contributed by atoms with Crippen LogP contribution in [0.4, 0.5) is 13.2 Å². The molecule has 1 heterocycles. The third-order valence-corrected chi connectivity index (χ3v) is 6.50. The molecular weight excluding hydrogens is 499 g/mol. The lowest BCUT2D eigenvalue weighted by Gasteiger charge is -2.12. The Kier molecular flexibility index (Phi) is 7.77. The third-order valence-electron chi connectivity index (χ3n) is 5.06. The van der Waals surface area contributed by atoms with Gasteiger partial charge >= 0.3 is 6.18 Å². The second-order valence-corrected chi connectivity index (χ2v) is 9.16. The second kappa shape index (κ2) is 11.0. The molecule has 1 N–H and O–H groups in total. The molecule has 3 aromatic carbocycles. The maximum absolute atomic E-state index is 13.0. The van der Waals surface area contributed by atoms with Gasteiger partial charge in [0.25, 0.3) is 0 Å². The summed E-state index contributed by atoms with van der Waals surface area (Å²) in [5, 5.41) is 10.4. The Morgan fingerprint density at radius 1 is 1.06 bits per heavy atom. The number of thioether (sulfide) groups is 1. The number of alkyl halides is 3. The van der Waals surface area contributed by atoms with Gasteiger partial charge in [-0.3, -0.25) is 4.79 Å². The minimum atomic E-state index is -4.49. The van der Waals surface area contributed by atoms with Crippen LogP contribution in [0.5, 0.6) is 5.75 Å². The van der Waals surface area contributed by atoms with Crippen LogP contribution in [0.3, 0.4) is 0 Å². The van der Waals surface area contributed by atoms with Crippen LogP contribution in [0.25, 0.3) is 0 Å². The monoisotopic (exact) mass is 517 g/mol. The number of halogens is 4. The van der Waals surface area contributed by atoms with Gasteiger partial charge in [-0.2, -0.15) is 18.3 Å². The Hall–Kier alpha value is -3.30. The van der Waals surface area contributed by atoms with Crippen LogP contribution in [0.15, 0.2) is 83.0 Å². The quantitative estimate of drug-likeness (QED) is 0.304. The standard InChI is InChI=1S/C25H19ClF3N3O2S/c26-20-11-10-19(25(27,28)29)12-18(20)13-22-23(33)31-24(35-22)32-30-14-17-8-4-5-9-21(17)34-15-16-6-2-1-3-7-16/h1-12,14,22H,13,15H2,(H,31,32,33)/b30-14+. The van der Waals surface area contributed by atoms with Crippen LogP contribution in [-0.2, 0) is 24.0 Å². The van der Waals surface area contributed by atoms with Crippen molar-refractivity contribution in [3.05, 3.63) is 100 Å². The number of carbonyl (C=O) groups is 1. The van der Waals surface area contributed by atoms with Crippen molar-refractivity contribution in [2.24, 2.45) is 10.2 Å². The van der Waals surface area contributed by atoms with Crippen molar-refractivity contribution >= 4 is 40.7 Å². The zero-order valence-electron chi connectivity index (χ0n) is 18.1. The first-order chi connectivity index (χ1) is 16.8. The smallest absolute Gasteiger partial charge is 0.416 e. The SMILES string of the molecule is O=C1N/C(=N\N=C\c2ccccc2OCc2ccccc2)SC1Cc1cc(C(F)(F)F)ccc1Cl. The van der Waals surface area contributed by atoms with E-state index in [0.29, 0.717) is 17.9 Å². The topological polar surface area (TPSA) is 63.0 Å². The maximum Gasteiger partial charge on any atom is 0.416 e. The van der Waals surface area contributed by atoms with Crippen molar-refractivity contribution in [1.29, 1.82) is 0 Å². The molecule has 1 aliphatic heterocycles. The lowest BCUT2D eigenvalue weighted by atomic mass is 10.1. The number of nitrogens with one attached hydrogen (secondary N) is 1. The molecular formula is C25H19ClF3N3O2S. The van der Waals surface area contributed by atoms with Gasteiger partial charge in [0, 0.05) is 10.6 Å². The summed E-state index contributed by atoms with van der Waals surface area (Å²) < 4.78 is 45.0. The summed E-state index contributed by atoms with van der Waals surface area (Å²) in [6.07, 6.45) is -2.96. The van der Waals surface area contributed by atoms with Crippen molar-refractivity contribution in [3.8, 4) is 5.75 Å². The molecule has 1 aliphatic rings. The molecule has 1 amide bonds. The number of carbonyl (C=O) groups excluding carboxylic acids is 1. The predicted octanol–water partition coefficient (Wildman–Crippen LogP) is 6.10. The van der Waals surface area contributed by atoms with Gasteiger partial charge in [0.15, 0.2) is 5.17 Å². The van der Waals surface area contributed by atoms with Crippen LogP contribution in [-0.4, -0.2) is 22.5 Å². The number of amidine groups is 1. The summed E-state index contributed by atoms with van der Waals surface area (Å²) in [5.41, 5.74) is 1.15. The van der Waals surface area contributed by atoms with Crippen LogP contribution in [0.2, 0.25) is 5.02 Å². The van der Waals surface area contributed by atoms with E-state index >= 15 is 0 Å². The molecule has 0 aliphatic carbocycles. The van der Waals surface area contributed by atoms with E-state index in [4.69, 9.17) is 16.3 Å². The Labute approximate surface area is 209 Å². The fourth-order valence-electron chi connectivity index (χ4n) is 3.29. The highest BCUT2D eigenvalue weighted by molar-refractivity contribution is 8.15. The van der Waals surface area contributed by atoms with Gasteiger partial charge in [-0.15, -0.1) is 5.10 Å². The maximum atomic E-state index is 13.0. The van der Waals surface area contributed by atoms with E-state index in [1.807, 2.05) is 54.6 Å². The Bertz CT molecular complexity index is 1270. The van der Waals surface area contributed by atoms with Gasteiger partial charge in [0.1, 0.15) is 12.4 Å². The minimum Gasteiger partial charge on any atom is -0.488 e. The summed E-state index contributed by atoms with van der Waals surface area (Å²) in [6.45, 7) is 0.395. The van der Waals surface area contributed by atoms with E-state index < -0.39 is 17.0 Å². The van der Waals surface area contributed by atoms with Gasteiger partial charge in [0.05, 0.1) is 17.0 Å². The van der Waals surface area contributed by atoms with Crippen LogP contribution in [0, 0.1) is 0 Å². The molecule has 0 aromatic heterocycles. The van der Waals surface area contributed by atoms with Crippen molar-refractivity contribution in [2.75, 3.05) is 0 Å². The molecule has 1 saturated heterocycles. The molecule has 180 valence electrons. The fraction of sp³-hybridized carbons (Fsp3) is 0.160. The average molecular weight is 518 g/mol. The number of amides is 1. The predicted molar refractivity (Wildman–Crippen MR) is 132 cm³/mol. The zero-order chi connectivity index (χ0) is 24.8. The summed E-state index contributed by atoms with van der Waals surface area (Å²) >= 11 is 7.15. The molecule has 35 heavy (non-hydrogen) atoms. The zero-order valence-corrected chi connectivity index (χ0v) is 19.7. The number of para-hydroxylation sites is 1. The lowest BCUT2D eigenvalue weighted by Crippen LogP contribution is -2.26. The highest BCUT2D eigenvalue weighted by Gasteiger charge is 2.34. The number of benzene rings is 3. The molecule has 10 heteroatoms. The first-order valence-electron chi connectivity index (χ1n) is 10.5. The average Bonchev–Trinajstić information content (AvgIpc) is 3.18. The van der Waals surface area contributed by atoms with Gasteiger partial charge < -0.3 is 10.1 Å². The fourth-order valence-corrected chi connectivity index (χ4v) is 4.44. The summed E-state index contributed by atoms with van der Waals surface area (Å²) in [5.74, 6) is 0.254. The molecule has 1 unspecified atom stereocenters.